The van der Waals surface area contributed by atoms with E-state index in [1.165, 1.54) is 10.4 Å². The lowest BCUT2D eigenvalue weighted by atomic mass is 9.81. The van der Waals surface area contributed by atoms with E-state index in [0.717, 1.165) is 32.2 Å². The van der Waals surface area contributed by atoms with Crippen LogP contribution in [0, 0.1) is 0 Å². The molecule has 0 atom stereocenters. The topological polar surface area (TPSA) is 54.0 Å². The van der Waals surface area contributed by atoms with Crippen LogP contribution in [-0.4, -0.2) is 16.4 Å². The molecule has 8 heteroatoms. The maximum atomic E-state index is 13.2. The highest BCUT2D eigenvalue weighted by Crippen LogP contribution is 2.50. The van der Waals surface area contributed by atoms with Gasteiger partial charge < -0.3 is 10.6 Å². The first-order valence-corrected chi connectivity index (χ1v) is 13.0. The van der Waals surface area contributed by atoms with E-state index >= 15 is 0 Å². The number of hydrogen-bond donors (Lipinski definition) is 2. The van der Waals surface area contributed by atoms with Crippen molar-refractivity contribution in [2.75, 3.05) is 5.32 Å². The zero-order valence-electron chi connectivity index (χ0n) is 18.7. The molecular weight excluding hydrogens is 493 g/mol. The van der Waals surface area contributed by atoms with Crippen LogP contribution in [0.25, 0.3) is 20.8 Å². The molecule has 0 radical (unpaired) electrons. The molecule has 0 saturated heterocycles. The molecule has 33 heavy (non-hydrogen) atoms. The number of amides is 1. The zero-order chi connectivity index (χ0) is 23.5. The second kappa shape index (κ2) is 8.07. The van der Waals surface area contributed by atoms with Crippen molar-refractivity contribution in [3.63, 3.8) is 0 Å². The summed E-state index contributed by atoms with van der Waals surface area (Å²) in [5, 5.41) is 9.42. The molecule has 5 rings (SSSR count). The van der Waals surface area contributed by atoms with Crippen molar-refractivity contribution in [2.45, 2.75) is 45.2 Å². The molecule has 4 nitrogen and oxygen atoms in total. The van der Waals surface area contributed by atoms with E-state index in [4.69, 9.17) is 28.2 Å². The number of carbonyl (C=O) groups is 1. The average Bonchev–Trinajstić information content (AvgIpc) is 3.27. The monoisotopic (exact) mass is 515 g/mol. The Balaban J connectivity index is 1.67. The number of nitrogens with one attached hydrogen (secondary N) is 2. The smallest absolute Gasteiger partial charge is 0.257 e. The molecule has 170 valence electrons. The maximum Gasteiger partial charge on any atom is 0.257 e. The zero-order valence-corrected chi connectivity index (χ0v) is 21.8. The van der Waals surface area contributed by atoms with Gasteiger partial charge in [-0.2, -0.15) is 0 Å². The molecule has 1 aliphatic rings. The number of para-hydroxylation sites is 1. The first kappa shape index (κ1) is 22.8. The Morgan fingerprint density at radius 3 is 2.58 bits per heavy atom. The van der Waals surface area contributed by atoms with Gasteiger partial charge in [0.15, 0.2) is 0 Å². The summed E-state index contributed by atoms with van der Waals surface area (Å²) in [6.07, 6.45) is 0.838. The van der Waals surface area contributed by atoms with E-state index in [1.807, 2.05) is 18.2 Å². The van der Waals surface area contributed by atoms with E-state index < -0.39 is 0 Å². The lowest BCUT2D eigenvalue weighted by molar-refractivity contribution is 0.102. The van der Waals surface area contributed by atoms with Crippen LogP contribution < -0.4 is 10.6 Å². The minimum absolute atomic E-state index is 0.0935. The van der Waals surface area contributed by atoms with Gasteiger partial charge in [0.1, 0.15) is 10.0 Å². The molecule has 3 heterocycles. The second-order valence-electron chi connectivity index (χ2n) is 9.49. The quantitative estimate of drug-likeness (QED) is 0.293. The standard InChI is InChI=1S/C25H23Cl2N3OS2/c1-24(2)12-15-19(22-28-17-7-5-6-8-18(17)32-22)23(33-20(15)25(3,4)30-24)29-21(31)14-10-9-13(26)11-16(14)27/h5-11,30H,12H2,1-4H3,(H,29,31). The third kappa shape index (κ3) is 4.19. The van der Waals surface area contributed by atoms with E-state index in [1.54, 1.807) is 40.9 Å². The Morgan fingerprint density at radius 1 is 1.09 bits per heavy atom. The van der Waals surface area contributed by atoms with Gasteiger partial charge in [-0.05, 0) is 70.0 Å². The molecule has 0 unspecified atom stereocenters. The minimum Gasteiger partial charge on any atom is -0.313 e. The van der Waals surface area contributed by atoms with Crippen molar-refractivity contribution in [1.82, 2.24) is 10.3 Å². The Morgan fingerprint density at radius 2 is 1.85 bits per heavy atom. The largest absolute Gasteiger partial charge is 0.313 e. The summed E-state index contributed by atoms with van der Waals surface area (Å²) >= 11 is 15.6. The number of carbonyl (C=O) groups excluding carboxylic acids is 1. The summed E-state index contributed by atoms with van der Waals surface area (Å²) < 4.78 is 1.12. The van der Waals surface area contributed by atoms with Crippen LogP contribution in [-0.2, 0) is 12.0 Å². The highest BCUT2D eigenvalue weighted by molar-refractivity contribution is 7.23. The van der Waals surface area contributed by atoms with Gasteiger partial charge in [0.05, 0.1) is 20.8 Å². The number of benzene rings is 2. The Labute approximate surface area is 211 Å². The first-order valence-electron chi connectivity index (χ1n) is 10.6. The molecule has 0 aliphatic carbocycles. The fraction of sp³-hybridized carbons (Fsp3) is 0.280. The van der Waals surface area contributed by atoms with Gasteiger partial charge in [-0.15, -0.1) is 22.7 Å². The minimum atomic E-state index is -0.261. The molecule has 0 spiro atoms. The Hall–Kier alpha value is -1.96. The molecule has 2 N–H and O–H groups in total. The molecule has 0 bridgehead atoms. The highest BCUT2D eigenvalue weighted by atomic mass is 35.5. The second-order valence-corrected chi connectivity index (χ2v) is 12.4. The van der Waals surface area contributed by atoms with Crippen LogP contribution in [0.2, 0.25) is 10.0 Å². The predicted molar refractivity (Wildman–Crippen MR) is 141 cm³/mol. The predicted octanol–water partition coefficient (Wildman–Crippen LogP) is 7.74. The van der Waals surface area contributed by atoms with E-state index in [2.05, 4.69) is 44.4 Å². The summed E-state index contributed by atoms with van der Waals surface area (Å²) in [5.41, 5.74) is 3.27. The number of thiophene rings is 1. The molecule has 2 aromatic heterocycles. The molecule has 1 amide bonds. The van der Waals surface area contributed by atoms with Gasteiger partial charge in [0.25, 0.3) is 5.91 Å². The average molecular weight is 517 g/mol. The number of thiazole rings is 1. The van der Waals surface area contributed by atoms with Crippen LogP contribution in [0.4, 0.5) is 5.00 Å². The number of nitrogens with zero attached hydrogens (tertiary/aromatic N) is 1. The number of anilines is 1. The Bertz CT molecular complexity index is 1370. The Kier molecular flexibility index (Phi) is 5.58. The lowest BCUT2D eigenvalue weighted by Gasteiger charge is -2.42. The molecule has 0 saturated carbocycles. The highest BCUT2D eigenvalue weighted by Gasteiger charge is 2.41. The molecule has 4 aromatic rings. The fourth-order valence-corrected chi connectivity index (χ4v) is 7.54. The summed E-state index contributed by atoms with van der Waals surface area (Å²) in [5.74, 6) is -0.261. The number of rotatable bonds is 3. The molecule has 2 aromatic carbocycles. The van der Waals surface area contributed by atoms with Crippen LogP contribution in [0.3, 0.4) is 0 Å². The van der Waals surface area contributed by atoms with E-state index in [0.29, 0.717) is 15.6 Å². The SMILES string of the molecule is CC1(C)Cc2c(sc(NC(=O)c3ccc(Cl)cc3Cl)c2-c2nc3ccccc3s2)C(C)(C)N1. The van der Waals surface area contributed by atoms with Gasteiger partial charge in [-0.25, -0.2) is 4.98 Å². The number of halogens is 2. The van der Waals surface area contributed by atoms with E-state index in [9.17, 15) is 4.79 Å². The summed E-state index contributed by atoms with van der Waals surface area (Å²) in [7, 11) is 0. The van der Waals surface area contributed by atoms with Crippen molar-refractivity contribution in [3.8, 4) is 10.6 Å². The maximum absolute atomic E-state index is 13.2. The molecular formula is C25H23Cl2N3OS2. The summed E-state index contributed by atoms with van der Waals surface area (Å²) in [6.45, 7) is 8.80. The van der Waals surface area contributed by atoms with Crippen LogP contribution in [0.5, 0.6) is 0 Å². The molecule has 1 aliphatic heterocycles. The van der Waals surface area contributed by atoms with Crippen LogP contribution in [0.15, 0.2) is 42.5 Å². The summed E-state index contributed by atoms with van der Waals surface area (Å²) in [6, 6.07) is 13.0. The fourth-order valence-electron chi connectivity index (χ4n) is 4.67. The van der Waals surface area contributed by atoms with Crippen molar-refractivity contribution in [2.24, 2.45) is 0 Å². The summed E-state index contributed by atoms with van der Waals surface area (Å²) in [4.78, 5) is 19.4. The van der Waals surface area contributed by atoms with Gasteiger partial charge in [-0.1, -0.05) is 35.3 Å². The van der Waals surface area contributed by atoms with Gasteiger partial charge in [0.2, 0.25) is 0 Å². The third-order valence-corrected chi connectivity index (χ3v) is 8.83. The van der Waals surface area contributed by atoms with Gasteiger partial charge in [-0.3, -0.25) is 4.79 Å². The van der Waals surface area contributed by atoms with Crippen molar-refractivity contribution in [3.05, 3.63) is 68.5 Å². The van der Waals surface area contributed by atoms with Crippen molar-refractivity contribution in [1.29, 1.82) is 0 Å². The molecule has 0 fully saturated rings. The van der Waals surface area contributed by atoms with Crippen molar-refractivity contribution < 1.29 is 4.79 Å². The first-order chi connectivity index (χ1) is 15.5. The van der Waals surface area contributed by atoms with Gasteiger partial charge >= 0.3 is 0 Å². The normalized spacial score (nSPS) is 16.5. The third-order valence-electron chi connectivity index (χ3n) is 5.75. The van der Waals surface area contributed by atoms with Gasteiger partial charge in [0, 0.05) is 26.5 Å². The number of fused-ring (bicyclic) bond motifs is 2. The van der Waals surface area contributed by atoms with Crippen LogP contribution >= 0.6 is 45.9 Å². The number of hydrogen-bond acceptors (Lipinski definition) is 5. The van der Waals surface area contributed by atoms with Crippen LogP contribution in [0.1, 0.15) is 48.5 Å². The van der Waals surface area contributed by atoms with Crippen molar-refractivity contribution >= 4 is 67.0 Å². The van der Waals surface area contributed by atoms with E-state index in [-0.39, 0.29) is 17.0 Å². The number of aromatic nitrogens is 1. The lowest BCUT2D eigenvalue weighted by Crippen LogP contribution is -2.54.